The molecule has 60 valence electrons. The SMILES string of the molecule is C/C=C/C(Cl)(Cl)C(F)(F)F. The summed E-state index contributed by atoms with van der Waals surface area (Å²) in [4.78, 5) is 0. The highest BCUT2D eigenvalue weighted by molar-refractivity contribution is 6.50. The average Bonchev–Trinajstić information content (AvgIpc) is 1.61. The first-order chi connectivity index (χ1) is 4.31. The summed E-state index contributed by atoms with van der Waals surface area (Å²) in [6.45, 7) is 1.41. The van der Waals surface area contributed by atoms with Gasteiger partial charge in [-0.1, -0.05) is 29.3 Å². The summed E-state index contributed by atoms with van der Waals surface area (Å²) in [6, 6.07) is 0. The van der Waals surface area contributed by atoms with Crippen LogP contribution in [0.5, 0.6) is 0 Å². The standard InChI is InChI=1S/C5H5Cl2F3/c1-2-3-4(6,7)5(8,9)10/h2-3H,1H3/b3-2+. The Bertz CT molecular complexity index is 136. The lowest BCUT2D eigenvalue weighted by atomic mass is 10.3. The minimum Gasteiger partial charge on any atom is -0.167 e. The second-order valence-electron chi connectivity index (χ2n) is 1.62. The molecule has 0 bridgehead atoms. The van der Waals surface area contributed by atoms with Crippen LogP contribution >= 0.6 is 23.2 Å². The van der Waals surface area contributed by atoms with E-state index in [-0.39, 0.29) is 0 Å². The van der Waals surface area contributed by atoms with E-state index < -0.39 is 10.5 Å². The van der Waals surface area contributed by atoms with Crippen LogP contribution in [-0.2, 0) is 0 Å². The van der Waals surface area contributed by atoms with E-state index in [2.05, 4.69) is 0 Å². The van der Waals surface area contributed by atoms with Crippen LogP contribution in [0.15, 0.2) is 12.2 Å². The van der Waals surface area contributed by atoms with Gasteiger partial charge >= 0.3 is 6.18 Å². The zero-order valence-electron chi connectivity index (χ0n) is 5.04. The predicted octanol–water partition coefficient (Wildman–Crippen LogP) is 3.30. The van der Waals surface area contributed by atoms with Gasteiger partial charge in [-0.2, -0.15) is 13.2 Å². The normalized spacial score (nSPS) is 14.6. The molecule has 0 spiro atoms. The van der Waals surface area contributed by atoms with Crippen LogP contribution in [0.4, 0.5) is 13.2 Å². The number of hydrogen-bond acceptors (Lipinski definition) is 0. The number of alkyl halides is 5. The fourth-order valence-electron chi connectivity index (χ4n) is 0.304. The Morgan fingerprint density at radius 3 is 1.70 bits per heavy atom. The first-order valence-electron chi connectivity index (χ1n) is 2.39. The Hall–Kier alpha value is 0.110. The van der Waals surface area contributed by atoms with Gasteiger partial charge in [0.15, 0.2) is 0 Å². The highest BCUT2D eigenvalue weighted by Crippen LogP contribution is 2.40. The highest BCUT2D eigenvalue weighted by Gasteiger charge is 2.50. The summed E-state index contributed by atoms with van der Waals surface area (Å²) in [5.41, 5.74) is 0. The summed E-state index contributed by atoms with van der Waals surface area (Å²) in [6.07, 6.45) is -2.79. The van der Waals surface area contributed by atoms with Gasteiger partial charge in [-0.25, -0.2) is 0 Å². The van der Waals surface area contributed by atoms with E-state index in [1.54, 1.807) is 0 Å². The quantitative estimate of drug-likeness (QED) is 0.442. The summed E-state index contributed by atoms with van der Waals surface area (Å²) in [5.74, 6) is 0. The Labute approximate surface area is 66.6 Å². The van der Waals surface area contributed by atoms with E-state index in [9.17, 15) is 13.2 Å². The van der Waals surface area contributed by atoms with Gasteiger partial charge in [0.1, 0.15) is 0 Å². The van der Waals surface area contributed by atoms with Crippen molar-refractivity contribution in [3.8, 4) is 0 Å². The minimum absolute atomic E-state index is 0.677. The third-order valence-corrected chi connectivity index (χ3v) is 1.43. The fraction of sp³-hybridized carbons (Fsp3) is 0.600. The van der Waals surface area contributed by atoms with Gasteiger partial charge in [-0.15, -0.1) is 0 Å². The summed E-state index contributed by atoms with van der Waals surface area (Å²) in [5, 5.41) is 0. The van der Waals surface area contributed by atoms with E-state index in [0.29, 0.717) is 6.08 Å². The monoisotopic (exact) mass is 192 g/mol. The van der Waals surface area contributed by atoms with Gasteiger partial charge in [0, 0.05) is 0 Å². The lowest BCUT2D eigenvalue weighted by molar-refractivity contribution is -0.131. The second kappa shape index (κ2) is 3.01. The number of halogens is 5. The number of allylic oxidation sites excluding steroid dienone is 2. The molecule has 0 nitrogen and oxygen atoms in total. The molecule has 0 aromatic rings. The first kappa shape index (κ1) is 10.1. The van der Waals surface area contributed by atoms with E-state index >= 15 is 0 Å². The average molecular weight is 193 g/mol. The molecule has 0 aliphatic rings. The van der Waals surface area contributed by atoms with E-state index in [1.165, 1.54) is 6.92 Å². The Balaban J connectivity index is 4.40. The Morgan fingerprint density at radius 1 is 1.20 bits per heavy atom. The molecule has 0 N–H and O–H groups in total. The molecule has 0 unspecified atom stereocenters. The molecule has 0 saturated heterocycles. The van der Waals surface area contributed by atoms with Crippen LogP contribution in [0.2, 0.25) is 0 Å². The van der Waals surface area contributed by atoms with Crippen molar-refractivity contribution in [3.05, 3.63) is 12.2 Å². The molecule has 0 fully saturated rings. The van der Waals surface area contributed by atoms with Crippen LogP contribution in [0.1, 0.15) is 6.92 Å². The van der Waals surface area contributed by atoms with Crippen molar-refractivity contribution in [1.82, 2.24) is 0 Å². The maximum Gasteiger partial charge on any atom is 0.425 e. The van der Waals surface area contributed by atoms with E-state index in [1.807, 2.05) is 0 Å². The first-order valence-corrected chi connectivity index (χ1v) is 3.15. The molecule has 0 atom stereocenters. The summed E-state index contributed by atoms with van der Waals surface area (Å²) < 4.78 is 32.4. The van der Waals surface area contributed by atoms with E-state index in [0.717, 1.165) is 6.08 Å². The van der Waals surface area contributed by atoms with Crippen LogP contribution < -0.4 is 0 Å². The molecular weight excluding hydrogens is 188 g/mol. The fourth-order valence-corrected chi connectivity index (χ4v) is 0.556. The van der Waals surface area contributed by atoms with Crippen LogP contribution in [0.3, 0.4) is 0 Å². The van der Waals surface area contributed by atoms with Gasteiger partial charge in [0.2, 0.25) is 4.33 Å². The van der Waals surface area contributed by atoms with Crippen LogP contribution in [0.25, 0.3) is 0 Å². The van der Waals surface area contributed by atoms with Crippen LogP contribution in [0, 0.1) is 0 Å². The second-order valence-corrected chi connectivity index (χ2v) is 3.01. The highest BCUT2D eigenvalue weighted by atomic mass is 35.5. The van der Waals surface area contributed by atoms with Gasteiger partial charge in [-0.05, 0) is 13.0 Å². The van der Waals surface area contributed by atoms with Crippen molar-refractivity contribution in [3.63, 3.8) is 0 Å². The largest absolute Gasteiger partial charge is 0.425 e. The summed E-state index contributed by atoms with van der Waals surface area (Å²) >= 11 is 9.73. The zero-order valence-corrected chi connectivity index (χ0v) is 6.56. The number of rotatable bonds is 1. The third-order valence-electron chi connectivity index (χ3n) is 0.754. The third kappa shape index (κ3) is 2.39. The van der Waals surface area contributed by atoms with Crippen molar-refractivity contribution in [1.29, 1.82) is 0 Å². The molecule has 0 saturated carbocycles. The minimum atomic E-state index is -4.61. The molecule has 10 heavy (non-hydrogen) atoms. The Morgan fingerprint density at radius 2 is 1.60 bits per heavy atom. The van der Waals surface area contributed by atoms with Crippen molar-refractivity contribution in [2.24, 2.45) is 0 Å². The van der Waals surface area contributed by atoms with Gasteiger partial charge in [-0.3, -0.25) is 0 Å². The molecule has 0 radical (unpaired) electrons. The molecule has 0 rings (SSSR count). The molecule has 0 aromatic carbocycles. The smallest absolute Gasteiger partial charge is 0.167 e. The molecule has 0 aliphatic heterocycles. The summed E-state index contributed by atoms with van der Waals surface area (Å²) in [7, 11) is 0. The molecular formula is C5H5Cl2F3. The van der Waals surface area contributed by atoms with Gasteiger partial charge in [0.05, 0.1) is 0 Å². The maximum absolute atomic E-state index is 11.7. The lowest BCUT2D eigenvalue weighted by Crippen LogP contribution is -2.31. The van der Waals surface area contributed by atoms with Crippen molar-refractivity contribution in [2.75, 3.05) is 0 Å². The maximum atomic E-state index is 11.7. The topological polar surface area (TPSA) is 0 Å². The van der Waals surface area contributed by atoms with E-state index in [4.69, 9.17) is 23.2 Å². The molecule has 0 aromatic heterocycles. The van der Waals surface area contributed by atoms with Crippen molar-refractivity contribution < 1.29 is 13.2 Å². The van der Waals surface area contributed by atoms with Crippen molar-refractivity contribution in [2.45, 2.75) is 17.4 Å². The number of hydrogen-bond donors (Lipinski definition) is 0. The molecule has 5 heteroatoms. The van der Waals surface area contributed by atoms with Gasteiger partial charge in [0.25, 0.3) is 0 Å². The predicted molar refractivity (Wildman–Crippen MR) is 35.3 cm³/mol. The van der Waals surface area contributed by atoms with Gasteiger partial charge < -0.3 is 0 Å². The lowest BCUT2D eigenvalue weighted by Gasteiger charge is -2.18. The Kier molecular flexibility index (Phi) is 3.04. The van der Waals surface area contributed by atoms with Crippen molar-refractivity contribution >= 4 is 23.2 Å². The molecule has 0 amide bonds. The zero-order chi connectivity index (χ0) is 8.41. The molecule has 0 heterocycles. The molecule has 0 aliphatic carbocycles. The van der Waals surface area contributed by atoms with Crippen LogP contribution in [-0.4, -0.2) is 10.5 Å².